The largest absolute Gasteiger partial charge is 0.480 e. The van der Waals surface area contributed by atoms with E-state index in [1.807, 2.05) is 63.2 Å². The van der Waals surface area contributed by atoms with Gasteiger partial charge in [0.1, 0.15) is 5.75 Å². The summed E-state index contributed by atoms with van der Waals surface area (Å²) in [6, 6.07) is 13.1. The van der Waals surface area contributed by atoms with Gasteiger partial charge in [-0.15, -0.1) is 0 Å². The molecule has 2 aromatic carbocycles. The molecule has 4 heteroatoms. The molecule has 3 N–H and O–H groups in total. The molecule has 0 heterocycles. The van der Waals surface area contributed by atoms with E-state index in [0.717, 1.165) is 22.6 Å². The summed E-state index contributed by atoms with van der Waals surface area (Å²) in [6.45, 7) is 5.77. The van der Waals surface area contributed by atoms with Gasteiger partial charge in [0, 0.05) is 11.4 Å². The Balaban J connectivity index is 2.12. The molecular formula is C18H22N2O2. The molecule has 1 amide bonds. The van der Waals surface area contributed by atoms with Crippen LogP contribution in [0, 0.1) is 13.8 Å². The number of anilines is 2. The summed E-state index contributed by atoms with van der Waals surface area (Å²) in [5.41, 5.74) is 9.11. The van der Waals surface area contributed by atoms with E-state index >= 15 is 0 Å². The summed E-state index contributed by atoms with van der Waals surface area (Å²) in [5, 5.41) is 2.90. The number of carbonyl (C=O) groups excluding carboxylic acids is 1. The maximum atomic E-state index is 12.4. The number of amides is 1. The Morgan fingerprint density at radius 3 is 2.59 bits per heavy atom. The number of para-hydroxylation sites is 1. The van der Waals surface area contributed by atoms with Gasteiger partial charge in [-0.05, 0) is 49.6 Å². The second-order valence-electron chi connectivity index (χ2n) is 5.29. The first-order valence-corrected chi connectivity index (χ1v) is 7.41. The number of hydrogen-bond acceptors (Lipinski definition) is 3. The van der Waals surface area contributed by atoms with Crippen LogP contribution in [0.1, 0.15) is 24.5 Å². The number of aryl methyl sites for hydroxylation is 1. The summed E-state index contributed by atoms with van der Waals surface area (Å²) >= 11 is 0. The minimum absolute atomic E-state index is 0.167. The first-order chi connectivity index (χ1) is 10.5. The molecule has 0 unspecified atom stereocenters. The molecular weight excluding hydrogens is 276 g/mol. The first kappa shape index (κ1) is 15.9. The molecule has 1 atom stereocenters. The van der Waals surface area contributed by atoms with Gasteiger partial charge in [0.25, 0.3) is 5.91 Å². The Labute approximate surface area is 131 Å². The van der Waals surface area contributed by atoms with E-state index in [-0.39, 0.29) is 5.91 Å². The third-order valence-electron chi connectivity index (χ3n) is 3.66. The number of ether oxygens (including phenoxy) is 1. The van der Waals surface area contributed by atoms with E-state index in [2.05, 4.69) is 5.32 Å². The van der Waals surface area contributed by atoms with E-state index in [4.69, 9.17) is 10.5 Å². The number of carbonyl (C=O) groups is 1. The summed E-state index contributed by atoms with van der Waals surface area (Å²) in [7, 11) is 0. The lowest BCUT2D eigenvalue weighted by atomic mass is 10.1. The van der Waals surface area contributed by atoms with Crippen molar-refractivity contribution in [1.82, 2.24) is 0 Å². The molecule has 0 radical (unpaired) electrons. The van der Waals surface area contributed by atoms with Crippen LogP contribution in [0.2, 0.25) is 0 Å². The Bertz CT molecular complexity index is 668. The van der Waals surface area contributed by atoms with Gasteiger partial charge in [0.2, 0.25) is 0 Å². The minimum atomic E-state index is -0.540. The van der Waals surface area contributed by atoms with Crippen molar-refractivity contribution in [2.24, 2.45) is 0 Å². The monoisotopic (exact) mass is 298 g/mol. The highest BCUT2D eigenvalue weighted by molar-refractivity contribution is 5.95. The number of hydrogen-bond donors (Lipinski definition) is 2. The van der Waals surface area contributed by atoms with Gasteiger partial charge in [-0.25, -0.2) is 0 Å². The van der Waals surface area contributed by atoms with Crippen molar-refractivity contribution in [2.45, 2.75) is 33.3 Å². The Hall–Kier alpha value is -2.49. The Kier molecular flexibility index (Phi) is 5.04. The molecule has 0 saturated heterocycles. The molecule has 0 aliphatic carbocycles. The number of nitrogens with one attached hydrogen (secondary N) is 1. The van der Waals surface area contributed by atoms with Crippen LogP contribution in [0.3, 0.4) is 0 Å². The van der Waals surface area contributed by atoms with E-state index in [1.165, 1.54) is 0 Å². The first-order valence-electron chi connectivity index (χ1n) is 7.41. The highest BCUT2D eigenvalue weighted by atomic mass is 16.5. The molecule has 0 aliphatic heterocycles. The average molecular weight is 298 g/mol. The Morgan fingerprint density at radius 2 is 1.91 bits per heavy atom. The Morgan fingerprint density at radius 1 is 1.18 bits per heavy atom. The van der Waals surface area contributed by atoms with E-state index in [1.54, 1.807) is 0 Å². The van der Waals surface area contributed by atoms with E-state index < -0.39 is 6.10 Å². The van der Waals surface area contributed by atoms with Gasteiger partial charge in [-0.1, -0.05) is 31.2 Å². The second kappa shape index (κ2) is 6.98. The van der Waals surface area contributed by atoms with Gasteiger partial charge in [0.05, 0.1) is 0 Å². The zero-order valence-electron chi connectivity index (χ0n) is 13.2. The highest BCUT2D eigenvalue weighted by Gasteiger charge is 2.20. The number of nitrogens with two attached hydrogens (primary N) is 1. The minimum Gasteiger partial charge on any atom is -0.480 e. The van der Waals surface area contributed by atoms with Crippen LogP contribution in [0.25, 0.3) is 0 Å². The maximum absolute atomic E-state index is 12.4. The lowest BCUT2D eigenvalue weighted by molar-refractivity contribution is -0.122. The van der Waals surface area contributed by atoms with Crippen molar-refractivity contribution in [3.8, 4) is 5.75 Å². The lowest BCUT2D eigenvalue weighted by Gasteiger charge is -2.19. The zero-order valence-corrected chi connectivity index (χ0v) is 13.2. The highest BCUT2D eigenvalue weighted by Crippen LogP contribution is 2.22. The van der Waals surface area contributed by atoms with Crippen LogP contribution in [-0.2, 0) is 4.79 Å². The topological polar surface area (TPSA) is 64.3 Å². The normalized spacial score (nSPS) is 11.8. The van der Waals surface area contributed by atoms with E-state index in [9.17, 15) is 4.79 Å². The molecule has 4 nitrogen and oxygen atoms in total. The zero-order chi connectivity index (χ0) is 16.1. The molecule has 2 aromatic rings. The van der Waals surface area contributed by atoms with Crippen LogP contribution >= 0.6 is 0 Å². The number of rotatable bonds is 5. The van der Waals surface area contributed by atoms with Crippen molar-refractivity contribution in [2.75, 3.05) is 11.1 Å². The van der Waals surface area contributed by atoms with Crippen LogP contribution < -0.4 is 15.8 Å². The van der Waals surface area contributed by atoms with Gasteiger partial charge in [-0.2, -0.15) is 0 Å². The van der Waals surface area contributed by atoms with Crippen LogP contribution in [0.4, 0.5) is 11.4 Å². The molecule has 2 rings (SSSR count). The van der Waals surface area contributed by atoms with Crippen LogP contribution in [0.15, 0.2) is 42.5 Å². The van der Waals surface area contributed by atoms with Crippen molar-refractivity contribution >= 4 is 17.3 Å². The quantitative estimate of drug-likeness (QED) is 0.828. The molecule has 0 saturated carbocycles. The maximum Gasteiger partial charge on any atom is 0.265 e. The smallest absolute Gasteiger partial charge is 0.265 e. The predicted octanol–water partition coefficient (Wildman–Crippen LogP) is 3.68. The van der Waals surface area contributed by atoms with Crippen molar-refractivity contribution in [3.63, 3.8) is 0 Å². The van der Waals surface area contributed by atoms with Gasteiger partial charge in [-0.3, -0.25) is 4.79 Å². The van der Waals surface area contributed by atoms with Gasteiger partial charge >= 0.3 is 0 Å². The van der Waals surface area contributed by atoms with Gasteiger partial charge in [0.15, 0.2) is 6.10 Å². The third kappa shape index (κ3) is 3.58. The lowest BCUT2D eigenvalue weighted by Crippen LogP contribution is -2.32. The van der Waals surface area contributed by atoms with Crippen LogP contribution in [-0.4, -0.2) is 12.0 Å². The molecule has 0 fully saturated rings. The van der Waals surface area contributed by atoms with E-state index in [0.29, 0.717) is 12.1 Å². The molecule has 0 bridgehead atoms. The van der Waals surface area contributed by atoms with Crippen molar-refractivity contribution < 1.29 is 9.53 Å². The average Bonchev–Trinajstić information content (AvgIpc) is 2.51. The van der Waals surface area contributed by atoms with Crippen LogP contribution in [0.5, 0.6) is 5.75 Å². The van der Waals surface area contributed by atoms with Crippen molar-refractivity contribution in [3.05, 3.63) is 53.6 Å². The molecule has 0 aromatic heterocycles. The fourth-order valence-corrected chi connectivity index (χ4v) is 2.17. The summed E-state index contributed by atoms with van der Waals surface area (Å²) in [6.07, 6.45) is 0.0450. The van der Waals surface area contributed by atoms with Gasteiger partial charge < -0.3 is 15.8 Å². The number of benzene rings is 2. The predicted molar refractivity (Wildman–Crippen MR) is 90.1 cm³/mol. The van der Waals surface area contributed by atoms with Crippen molar-refractivity contribution in [1.29, 1.82) is 0 Å². The second-order valence-corrected chi connectivity index (χ2v) is 5.29. The molecule has 0 spiro atoms. The summed E-state index contributed by atoms with van der Waals surface area (Å²) < 4.78 is 5.86. The standard InChI is InChI=1S/C18H22N2O2/c1-4-16(22-17-11-6-5-8-12(17)2)18(21)20-15-10-7-9-14(19)13(15)3/h5-11,16H,4,19H2,1-3H3,(H,20,21)/t16-/m0/s1. The third-order valence-corrected chi connectivity index (χ3v) is 3.66. The fraction of sp³-hybridized carbons (Fsp3) is 0.278. The SMILES string of the molecule is CC[C@H](Oc1ccccc1C)C(=O)Nc1cccc(N)c1C. The number of nitrogen functional groups attached to an aromatic ring is 1. The molecule has 22 heavy (non-hydrogen) atoms. The fourth-order valence-electron chi connectivity index (χ4n) is 2.17. The summed E-state index contributed by atoms with van der Waals surface area (Å²) in [5.74, 6) is 0.563. The molecule has 116 valence electrons. The molecule has 0 aliphatic rings. The summed E-state index contributed by atoms with van der Waals surface area (Å²) in [4.78, 5) is 12.4.